The van der Waals surface area contributed by atoms with Gasteiger partial charge in [0.15, 0.2) is 11.5 Å². The number of anilines is 1. The van der Waals surface area contributed by atoms with E-state index < -0.39 is 0 Å². The number of hydrogen-bond donors (Lipinski definition) is 2. The van der Waals surface area contributed by atoms with Gasteiger partial charge in [0.2, 0.25) is 0 Å². The molecule has 3 rings (SSSR count). The predicted molar refractivity (Wildman–Crippen MR) is 70.0 cm³/mol. The third kappa shape index (κ3) is 1.68. The van der Waals surface area contributed by atoms with Crippen LogP contribution in [0.5, 0.6) is 0 Å². The van der Waals surface area contributed by atoms with E-state index >= 15 is 0 Å². The van der Waals surface area contributed by atoms with E-state index in [1.165, 1.54) is 12.8 Å². The Balaban J connectivity index is 2.25. The molecule has 0 spiro atoms. The number of rotatable bonds is 4. The summed E-state index contributed by atoms with van der Waals surface area (Å²) in [5, 5.41) is 3.12. The van der Waals surface area contributed by atoms with E-state index in [0.29, 0.717) is 18.3 Å². The fourth-order valence-corrected chi connectivity index (χ4v) is 2.18. The minimum Gasteiger partial charge on any atom is -0.368 e. The summed E-state index contributed by atoms with van der Waals surface area (Å²) in [7, 11) is 0. The first-order valence-corrected chi connectivity index (χ1v) is 6.48. The smallest absolute Gasteiger partial charge is 0.351 e. The molecule has 0 atom stereocenters. The molecular formula is C12H17N5O. The largest absolute Gasteiger partial charge is 0.368 e. The molecule has 96 valence electrons. The normalized spacial score (nSPS) is 15.2. The summed E-state index contributed by atoms with van der Waals surface area (Å²) < 4.78 is 1.61. The number of H-pyrrole nitrogens is 1. The fourth-order valence-electron chi connectivity index (χ4n) is 2.18. The lowest BCUT2D eigenvalue weighted by molar-refractivity contribution is 0.723. The standard InChI is InChI=1S/C12H17N5O/c1-3-13-10-8-11(17(4-2)12(18)16-10)15-9(14-8)7-5-6-7/h7H,3-6H2,1-2H3,(H,14,15)(H,13,16,18). The molecule has 0 radical (unpaired) electrons. The highest BCUT2D eigenvalue weighted by Crippen LogP contribution is 2.39. The molecule has 0 saturated heterocycles. The molecule has 0 aromatic carbocycles. The van der Waals surface area contributed by atoms with Crippen LogP contribution in [-0.2, 0) is 6.54 Å². The zero-order valence-electron chi connectivity index (χ0n) is 10.7. The highest BCUT2D eigenvalue weighted by atomic mass is 16.1. The van der Waals surface area contributed by atoms with Crippen LogP contribution in [0.15, 0.2) is 4.79 Å². The molecule has 1 fully saturated rings. The number of nitrogens with zero attached hydrogens (tertiary/aromatic N) is 3. The highest BCUT2D eigenvalue weighted by molar-refractivity contribution is 5.83. The van der Waals surface area contributed by atoms with Gasteiger partial charge < -0.3 is 10.3 Å². The molecule has 1 saturated carbocycles. The number of imidazole rings is 1. The summed E-state index contributed by atoms with van der Waals surface area (Å²) in [4.78, 5) is 23.9. The second kappa shape index (κ2) is 4.12. The minimum absolute atomic E-state index is 0.241. The zero-order chi connectivity index (χ0) is 12.7. The van der Waals surface area contributed by atoms with Gasteiger partial charge in [-0.25, -0.2) is 9.78 Å². The van der Waals surface area contributed by atoms with Crippen LogP contribution in [0.2, 0.25) is 0 Å². The Morgan fingerprint density at radius 2 is 2.17 bits per heavy atom. The van der Waals surface area contributed by atoms with E-state index in [0.717, 1.165) is 23.5 Å². The van der Waals surface area contributed by atoms with Crippen molar-refractivity contribution < 1.29 is 0 Å². The van der Waals surface area contributed by atoms with Gasteiger partial charge in [-0.1, -0.05) is 0 Å². The molecule has 2 N–H and O–H groups in total. The van der Waals surface area contributed by atoms with Gasteiger partial charge in [-0.15, -0.1) is 0 Å². The molecule has 18 heavy (non-hydrogen) atoms. The van der Waals surface area contributed by atoms with Crippen molar-refractivity contribution in [2.75, 3.05) is 11.9 Å². The van der Waals surface area contributed by atoms with Crippen LogP contribution in [0.4, 0.5) is 5.82 Å². The third-order valence-electron chi connectivity index (χ3n) is 3.26. The molecule has 2 aromatic rings. The average molecular weight is 247 g/mol. The zero-order valence-corrected chi connectivity index (χ0v) is 10.7. The Kier molecular flexibility index (Phi) is 2.57. The second-order valence-electron chi connectivity index (χ2n) is 4.61. The van der Waals surface area contributed by atoms with E-state index in [9.17, 15) is 4.79 Å². The van der Waals surface area contributed by atoms with Crippen molar-refractivity contribution in [1.82, 2.24) is 19.5 Å². The van der Waals surface area contributed by atoms with Gasteiger partial charge in [0, 0.05) is 19.0 Å². The maximum absolute atomic E-state index is 11.9. The Hall–Kier alpha value is -1.85. The van der Waals surface area contributed by atoms with Gasteiger partial charge in [0.25, 0.3) is 0 Å². The van der Waals surface area contributed by atoms with Crippen LogP contribution in [0.3, 0.4) is 0 Å². The van der Waals surface area contributed by atoms with Crippen molar-refractivity contribution in [2.45, 2.75) is 39.2 Å². The van der Waals surface area contributed by atoms with E-state index in [1.807, 2.05) is 13.8 Å². The second-order valence-corrected chi connectivity index (χ2v) is 4.61. The SMILES string of the molecule is CCNc1nc(=O)n(CC)c2nc(C3CC3)[nH]c12. The van der Waals surface area contributed by atoms with Gasteiger partial charge in [-0.2, -0.15) is 4.98 Å². The molecule has 6 heteroatoms. The molecule has 1 aliphatic rings. The number of aryl methyl sites for hydroxylation is 1. The Morgan fingerprint density at radius 1 is 1.39 bits per heavy atom. The molecule has 2 aromatic heterocycles. The lowest BCUT2D eigenvalue weighted by atomic mass is 10.4. The van der Waals surface area contributed by atoms with Gasteiger partial charge in [-0.3, -0.25) is 4.57 Å². The molecule has 6 nitrogen and oxygen atoms in total. The van der Waals surface area contributed by atoms with Crippen LogP contribution < -0.4 is 11.0 Å². The van der Waals surface area contributed by atoms with Crippen molar-refractivity contribution in [2.24, 2.45) is 0 Å². The minimum atomic E-state index is -0.241. The fraction of sp³-hybridized carbons (Fsp3) is 0.583. The summed E-state index contributed by atoms with van der Waals surface area (Å²) in [6.07, 6.45) is 2.36. The molecule has 0 aliphatic heterocycles. The number of aromatic nitrogens is 4. The molecule has 1 aliphatic carbocycles. The summed E-state index contributed by atoms with van der Waals surface area (Å²) >= 11 is 0. The van der Waals surface area contributed by atoms with Crippen LogP contribution in [0, 0.1) is 0 Å². The lowest BCUT2D eigenvalue weighted by Gasteiger charge is -2.06. The highest BCUT2D eigenvalue weighted by Gasteiger charge is 2.28. The number of hydrogen-bond acceptors (Lipinski definition) is 4. The molecule has 0 amide bonds. The maximum Gasteiger partial charge on any atom is 0.351 e. The predicted octanol–water partition coefficient (Wildman–Crippen LogP) is 1.45. The van der Waals surface area contributed by atoms with E-state index in [1.54, 1.807) is 4.57 Å². The van der Waals surface area contributed by atoms with Gasteiger partial charge in [0.1, 0.15) is 11.3 Å². The number of nitrogens with one attached hydrogen (secondary N) is 2. The molecular weight excluding hydrogens is 230 g/mol. The summed E-state index contributed by atoms with van der Waals surface area (Å²) in [6.45, 7) is 5.23. The average Bonchev–Trinajstić information content (AvgIpc) is 3.10. The van der Waals surface area contributed by atoms with Crippen LogP contribution >= 0.6 is 0 Å². The Morgan fingerprint density at radius 3 is 2.78 bits per heavy atom. The maximum atomic E-state index is 11.9. The van der Waals surface area contributed by atoms with Crippen molar-refractivity contribution in [3.63, 3.8) is 0 Å². The molecule has 0 unspecified atom stereocenters. The molecule has 0 bridgehead atoms. The summed E-state index contributed by atoms with van der Waals surface area (Å²) in [5.74, 6) is 2.13. The number of aromatic amines is 1. The van der Waals surface area contributed by atoms with Crippen molar-refractivity contribution in [3.8, 4) is 0 Å². The van der Waals surface area contributed by atoms with Crippen LogP contribution in [0.1, 0.15) is 38.4 Å². The van der Waals surface area contributed by atoms with E-state index in [2.05, 4.69) is 20.3 Å². The third-order valence-corrected chi connectivity index (χ3v) is 3.26. The van der Waals surface area contributed by atoms with Gasteiger partial charge in [-0.05, 0) is 26.7 Å². The van der Waals surface area contributed by atoms with Crippen LogP contribution in [-0.4, -0.2) is 26.1 Å². The Bertz CT molecular complexity index is 638. The number of fused-ring (bicyclic) bond motifs is 1. The van der Waals surface area contributed by atoms with Gasteiger partial charge >= 0.3 is 5.69 Å². The van der Waals surface area contributed by atoms with Crippen molar-refractivity contribution >= 4 is 17.0 Å². The van der Waals surface area contributed by atoms with E-state index in [4.69, 9.17) is 0 Å². The molecule has 2 heterocycles. The first-order valence-electron chi connectivity index (χ1n) is 6.48. The lowest BCUT2D eigenvalue weighted by Crippen LogP contribution is -2.24. The van der Waals surface area contributed by atoms with E-state index in [-0.39, 0.29) is 5.69 Å². The quantitative estimate of drug-likeness (QED) is 0.857. The topological polar surface area (TPSA) is 75.6 Å². The van der Waals surface area contributed by atoms with Gasteiger partial charge in [0.05, 0.1) is 0 Å². The summed E-state index contributed by atoms with van der Waals surface area (Å²) in [6, 6.07) is 0. The summed E-state index contributed by atoms with van der Waals surface area (Å²) in [5.41, 5.74) is 1.32. The van der Waals surface area contributed by atoms with Crippen molar-refractivity contribution in [3.05, 3.63) is 16.3 Å². The van der Waals surface area contributed by atoms with Crippen LogP contribution in [0.25, 0.3) is 11.2 Å². The Labute approximate surface area is 104 Å². The first-order chi connectivity index (χ1) is 8.74. The first kappa shape index (κ1) is 11.3. The monoisotopic (exact) mass is 247 g/mol. The van der Waals surface area contributed by atoms with Crippen molar-refractivity contribution in [1.29, 1.82) is 0 Å².